The highest BCUT2D eigenvalue weighted by molar-refractivity contribution is 7.88. The summed E-state index contributed by atoms with van der Waals surface area (Å²) in [7, 11) is -3.56. The molecule has 168 valence electrons. The molecule has 5 rings (SSSR count). The zero-order valence-electron chi connectivity index (χ0n) is 17.6. The summed E-state index contributed by atoms with van der Waals surface area (Å²) in [5.74, 6) is 1.61. The van der Waals surface area contributed by atoms with Gasteiger partial charge in [-0.05, 0) is 36.6 Å². The molecule has 7 nitrogen and oxygen atoms in total. The fourth-order valence-electron chi connectivity index (χ4n) is 3.39. The lowest BCUT2D eigenvalue weighted by Crippen LogP contribution is -2.14. The number of benzene rings is 2. The van der Waals surface area contributed by atoms with E-state index in [4.69, 9.17) is 14.9 Å². The molecular weight excluding hydrogens is 456 g/mol. The van der Waals surface area contributed by atoms with Gasteiger partial charge in [-0.2, -0.15) is 0 Å². The number of nitrogens with one attached hydrogen (secondary N) is 1. The molecule has 1 fully saturated rings. The lowest BCUT2D eigenvalue weighted by Gasteiger charge is -2.09. The van der Waals surface area contributed by atoms with Gasteiger partial charge in [-0.15, -0.1) is 0 Å². The molecule has 1 aliphatic carbocycles. The van der Waals surface area contributed by atoms with Gasteiger partial charge in [-0.3, -0.25) is 0 Å². The van der Waals surface area contributed by atoms with Gasteiger partial charge >= 0.3 is 0 Å². The Morgan fingerprint density at radius 3 is 2.52 bits per heavy atom. The summed E-state index contributed by atoms with van der Waals surface area (Å²) in [4.78, 5) is 9.24. The molecule has 0 saturated heterocycles. The maximum absolute atomic E-state index is 11.3. The number of anilines is 2. The van der Waals surface area contributed by atoms with Crippen molar-refractivity contribution < 1.29 is 13.2 Å². The highest BCUT2D eigenvalue weighted by atomic mass is 32.2. The van der Waals surface area contributed by atoms with Crippen molar-refractivity contribution in [2.24, 2.45) is 5.14 Å². The second-order valence-corrected chi connectivity index (χ2v) is 10.5. The Kier molecular flexibility index (Phi) is 5.84. The molecule has 0 atom stereocenters. The van der Waals surface area contributed by atoms with Crippen LogP contribution in [0.3, 0.4) is 0 Å². The van der Waals surface area contributed by atoms with Crippen LogP contribution in [-0.2, 0) is 15.8 Å². The van der Waals surface area contributed by atoms with Gasteiger partial charge < -0.3 is 10.1 Å². The van der Waals surface area contributed by atoms with Crippen molar-refractivity contribution in [2.75, 3.05) is 5.32 Å². The van der Waals surface area contributed by atoms with Crippen LogP contribution >= 0.6 is 11.3 Å². The molecular formula is C24H22N4O3S2. The minimum atomic E-state index is -3.56. The molecule has 0 amide bonds. The maximum Gasteiger partial charge on any atom is 0.213 e. The van der Waals surface area contributed by atoms with Crippen LogP contribution in [0.25, 0.3) is 11.3 Å². The number of aromatic nitrogens is 2. The van der Waals surface area contributed by atoms with E-state index >= 15 is 0 Å². The molecule has 2 aromatic carbocycles. The van der Waals surface area contributed by atoms with Gasteiger partial charge in [0.05, 0.1) is 5.75 Å². The quantitative estimate of drug-likeness (QED) is 0.351. The molecule has 0 spiro atoms. The van der Waals surface area contributed by atoms with Gasteiger partial charge in [0.2, 0.25) is 15.1 Å². The minimum Gasteiger partial charge on any atom is -0.444 e. The molecule has 0 bridgehead atoms. The van der Waals surface area contributed by atoms with Crippen LogP contribution in [0.5, 0.6) is 10.8 Å². The first-order chi connectivity index (χ1) is 15.9. The number of thiazole rings is 1. The second kappa shape index (κ2) is 8.93. The fraction of sp³-hybridized carbons (Fsp3) is 0.167. The van der Waals surface area contributed by atoms with Crippen LogP contribution in [-0.4, -0.2) is 18.4 Å². The Balaban J connectivity index is 1.35. The standard InChI is InChI=1S/C24H22N4O3S2/c25-33(29,30)15-16-6-10-19(11-7-16)27-21-14-20(12-13-26-21)31-24-22(17-4-2-1-3-5-17)28-23(32-24)18-8-9-18/h1-7,10-14,18H,8-9,15H2,(H,26,27)(H2,25,29,30). The first kappa shape index (κ1) is 21.6. The van der Waals surface area contributed by atoms with Crippen LogP contribution in [0, 0.1) is 0 Å². The number of rotatable bonds is 8. The molecule has 2 heterocycles. The number of sulfonamides is 1. The summed E-state index contributed by atoms with van der Waals surface area (Å²) < 4.78 is 28.8. The lowest BCUT2D eigenvalue weighted by molar-refractivity contribution is 0.496. The van der Waals surface area contributed by atoms with E-state index in [9.17, 15) is 8.42 Å². The Morgan fingerprint density at radius 1 is 1.06 bits per heavy atom. The van der Waals surface area contributed by atoms with E-state index < -0.39 is 10.0 Å². The number of ether oxygens (including phenoxy) is 1. The van der Waals surface area contributed by atoms with E-state index in [0.717, 1.165) is 27.0 Å². The summed E-state index contributed by atoms with van der Waals surface area (Å²) in [6.45, 7) is 0. The van der Waals surface area contributed by atoms with E-state index in [1.165, 1.54) is 12.8 Å². The number of pyridine rings is 1. The smallest absolute Gasteiger partial charge is 0.213 e. The SMILES string of the molecule is NS(=O)(=O)Cc1ccc(Nc2cc(Oc3sc(C4CC4)nc3-c3ccccc3)ccn2)cc1. The molecule has 1 saturated carbocycles. The Bertz CT molecular complexity index is 1370. The summed E-state index contributed by atoms with van der Waals surface area (Å²) in [5.41, 5.74) is 3.29. The fourth-order valence-corrected chi connectivity index (χ4v) is 5.17. The average Bonchev–Trinajstić information content (AvgIpc) is 3.56. The number of primary sulfonamides is 1. The largest absolute Gasteiger partial charge is 0.444 e. The summed E-state index contributed by atoms with van der Waals surface area (Å²) in [5, 5.41) is 10.2. The van der Waals surface area contributed by atoms with Gasteiger partial charge in [0, 0.05) is 29.4 Å². The maximum atomic E-state index is 11.3. The van der Waals surface area contributed by atoms with Crippen LogP contribution < -0.4 is 15.2 Å². The Hall–Kier alpha value is -3.27. The molecule has 1 aliphatic rings. The summed E-state index contributed by atoms with van der Waals surface area (Å²) in [6.07, 6.45) is 4.04. The predicted octanol–water partition coefficient (Wildman–Crippen LogP) is 5.41. The topological polar surface area (TPSA) is 107 Å². The van der Waals surface area contributed by atoms with Crippen molar-refractivity contribution >= 4 is 32.9 Å². The van der Waals surface area contributed by atoms with Gasteiger partial charge in [-0.25, -0.2) is 23.5 Å². The molecule has 0 unspecified atom stereocenters. The van der Waals surface area contributed by atoms with Gasteiger partial charge in [-0.1, -0.05) is 53.8 Å². The molecule has 33 heavy (non-hydrogen) atoms. The third-order valence-corrected chi connectivity index (χ3v) is 6.95. The van der Waals surface area contributed by atoms with Gasteiger partial charge in [0.1, 0.15) is 22.3 Å². The van der Waals surface area contributed by atoms with Crippen LogP contribution in [0.2, 0.25) is 0 Å². The lowest BCUT2D eigenvalue weighted by atomic mass is 10.2. The van der Waals surface area contributed by atoms with Crippen molar-refractivity contribution in [1.82, 2.24) is 9.97 Å². The first-order valence-electron chi connectivity index (χ1n) is 10.5. The van der Waals surface area contributed by atoms with Crippen LogP contribution in [0.1, 0.15) is 29.3 Å². The average molecular weight is 479 g/mol. The molecule has 2 aromatic heterocycles. The van der Waals surface area contributed by atoms with Crippen molar-refractivity contribution in [3.05, 3.63) is 83.5 Å². The van der Waals surface area contributed by atoms with E-state index in [0.29, 0.717) is 23.0 Å². The summed E-state index contributed by atoms with van der Waals surface area (Å²) >= 11 is 1.60. The number of hydrogen-bond donors (Lipinski definition) is 2. The number of nitrogens with zero attached hydrogens (tertiary/aromatic N) is 2. The number of nitrogens with two attached hydrogens (primary N) is 1. The van der Waals surface area contributed by atoms with Crippen molar-refractivity contribution in [3.63, 3.8) is 0 Å². The predicted molar refractivity (Wildman–Crippen MR) is 130 cm³/mol. The first-order valence-corrected chi connectivity index (χ1v) is 13.0. The van der Waals surface area contributed by atoms with E-state index in [-0.39, 0.29) is 5.75 Å². The minimum absolute atomic E-state index is 0.198. The highest BCUT2D eigenvalue weighted by Crippen LogP contribution is 2.48. The van der Waals surface area contributed by atoms with Crippen molar-refractivity contribution in [1.29, 1.82) is 0 Å². The normalized spacial score (nSPS) is 13.6. The van der Waals surface area contributed by atoms with Crippen LogP contribution in [0.15, 0.2) is 72.9 Å². The van der Waals surface area contributed by atoms with E-state index in [1.807, 2.05) is 42.5 Å². The van der Waals surface area contributed by atoms with Crippen LogP contribution in [0.4, 0.5) is 11.5 Å². The third-order valence-electron chi connectivity index (χ3n) is 5.12. The van der Waals surface area contributed by atoms with E-state index in [2.05, 4.69) is 10.3 Å². The molecule has 0 aliphatic heterocycles. The molecule has 3 N–H and O–H groups in total. The zero-order chi connectivity index (χ0) is 22.8. The summed E-state index contributed by atoms with van der Waals surface area (Å²) in [6, 6.07) is 20.7. The molecule has 9 heteroatoms. The van der Waals surface area contributed by atoms with E-state index in [1.54, 1.807) is 41.8 Å². The Morgan fingerprint density at radius 2 is 1.82 bits per heavy atom. The van der Waals surface area contributed by atoms with Crippen molar-refractivity contribution in [3.8, 4) is 22.1 Å². The zero-order valence-corrected chi connectivity index (χ0v) is 19.3. The molecule has 0 radical (unpaired) electrons. The monoisotopic (exact) mass is 478 g/mol. The van der Waals surface area contributed by atoms with Crippen molar-refractivity contribution in [2.45, 2.75) is 24.5 Å². The Labute approximate surface area is 196 Å². The number of hydrogen-bond acceptors (Lipinski definition) is 7. The highest BCUT2D eigenvalue weighted by Gasteiger charge is 2.29. The second-order valence-electron chi connectivity index (χ2n) is 7.94. The van der Waals surface area contributed by atoms with Gasteiger partial charge in [0.15, 0.2) is 0 Å². The third kappa shape index (κ3) is 5.57. The molecule has 4 aromatic rings. The van der Waals surface area contributed by atoms with Gasteiger partial charge in [0.25, 0.3) is 0 Å².